The molecule has 2 aromatic rings. The van der Waals surface area contributed by atoms with Crippen LogP contribution in [0.4, 0.5) is 0 Å². The van der Waals surface area contributed by atoms with Crippen molar-refractivity contribution in [1.82, 2.24) is 10.2 Å². The SMILES string of the molecule is CCNCCc1ccccc1CN(C)Cc1ccc(Cl)s1. The van der Waals surface area contributed by atoms with E-state index in [4.69, 9.17) is 11.6 Å². The van der Waals surface area contributed by atoms with Gasteiger partial charge in [-0.1, -0.05) is 42.8 Å². The summed E-state index contributed by atoms with van der Waals surface area (Å²) in [5.41, 5.74) is 2.86. The minimum Gasteiger partial charge on any atom is -0.317 e. The quantitative estimate of drug-likeness (QED) is 0.733. The standard InChI is InChI=1S/C17H23ClN2S/c1-3-19-11-10-14-6-4-5-7-15(14)12-20(2)13-16-8-9-17(18)21-16/h4-9,19H,3,10-13H2,1-2H3. The number of halogens is 1. The van der Waals surface area contributed by atoms with E-state index in [9.17, 15) is 0 Å². The lowest BCUT2D eigenvalue weighted by molar-refractivity contribution is 0.321. The highest BCUT2D eigenvalue weighted by Gasteiger charge is 2.07. The van der Waals surface area contributed by atoms with Crippen LogP contribution in [-0.4, -0.2) is 25.0 Å². The number of thiophene rings is 1. The van der Waals surface area contributed by atoms with Crippen molar-refractivity contribution in [2.75, 3.05) is 20.1 Å². The van der Waals surface area contributed by atoms with E-state index in [1.54, 1.807) is 11.3 Å². The zero-order chi connectivity index (χ0) is 15.1. The fourth-order valence-corrected chi connectivity index (χ4v) is 3.57. The molecule has 4 heteroatoms. The Morgan fingerprint density at radius 1 is 1.10 bits per heavy atom. The zero-order valence-corrected chi connectivity index (χ0v) is 14.3. The van der Waals surface area contributed by atoms with Crippen LogP contribution in [0.3, 0.4) is 0 Å². The van der Waals surface area contributed by atoms with Gasteiger partial charge in [0.05, 0.1) is 4.34 Å². The molecule has 2 nitrogen and oxygen atoms in total. The second-order valence-corrected chi connectivity index (χ2v) is 7.05. The van der Waals surface area contributed by atoms with Crippen LogP contribution in [0.1, 0.15) is 22.9 Å². The molecule has 0 saturated carbocycles. The van der Waals surface area contributed by atoms with Gasteiger partial charge in [0, 0.05) is 18.0 Å². The van der Waals surface area contributed by atoms with Crippen molar-refractivity contribution in [2.45, 2.75) is 26.4 Å². The summed E-state index contributed by atoms with van der Waals surface area (Å²) in [5.74, 6) is 0. The first-order valence-electron chi connectivity index (χ1n) is 7.39. The summed E-state index contributed by atoms with van der Waals surface area (Å²) in [4.78, 5) is 3.65. The van der Waals surface area contributed by atoms with Gasteiger partial charge >= 0.3 is 0 Å². The predicted molar refractivity (Wildman–Crippen MR) is 93.2 cm³/mol. The van der Waals surface area contributed by atoms with Crippen molar-refractivity contribution in [1.29, 1.82) is 0 Å². The third kappa shape index (κ3) is 5.44. The van der Waals surface area contributed by atoms with Crippen LogP contribution < -0.4 is 5.32 Å². The van der Waals surface area contributed by atoms with Gasteiger partial charge < -0.3 is 5.32 Å². The highest BCUT2D eigenvalue weighted by Crippen LogP contribution is 2.23. The first kappa shape index (κ1) is 16.5. The summed E-state index contributed by atoms with van der Waals surface area (Å²) in [6, 6.07) is 12.8. The summed E-state index contributed by atoms with van der Waals surface area (Å²) in [5, 5.41) is 3.39. The molecule has 1 N–H and O–H groups in total. The molecule has 114 valence electrons. The minimum atomic E-state index is 0.865. The van der Waals surface area contributed by atoms with E-state index in [-0.39, 0.29) is 0 Å². The van der Waals surface area contributed by atoms with Gasteiger partial charge in [0.2, 0.25) is 0 Å². The second-order valence-electron chi connectivity index (χ2n) is 5.25. The fraction of sp³-hybridized carbons (Fsp3) is 0.412. The summed E-state index contributed by atoms with van der Waals surface area (Å²) >= 11 is 7.65. The molecule has 1 aromatic carbocycles. The third-order valence-electron chi connectivity index (χ3n) is 3.43. The normalized spacial score (nSPS) is 11.2. The van der Waals surface area contributed by atoms with E-state index >= 15 is 0 Å². The van der Waals surface area contributed by atoms with Crippen molar-refractivity contribution in [2.24, 2.45) is 0 Å². The molecular weight excluding hydrogens is 300 g/mol. The Bertz CT molecular complexity index is 553. The zero-order valence-electron chi connectivity index (χ0n) is 12.7. The number of likely N-dealkylation sites (N-methyl/N-ethyl adjacent to an activating group) is 1. The largest absolute Gasteiger partial charge is 0.317 e. The molecule has 2 rings (SSSR count). The Labute approximate surface area is 136 Å². The average Bonchev–Trinajstić information content (AvgIpc) is 2.86. The van der Waals surface area contributed by atoms with E-state index in [2.05, 4.69) is 54.5 Å². The molecule has 0 radical (unpaired) electrons. The minimum absolute atomic E-state index is 0.865. The van der Waals surface area contributed by atoms with Crippen LogP contribution in [-0.2, 0) is 19.5 Å². The smallest absolute Gasteiger partial charge is 0.0931 e. The number of hydrogen-bond donors (Lipinski definition) is 1. The average molecular weight is 323 g/mol. The number of benzene rings is 1. The summed E-state index contributed by atoms with van der Waals surface area (Å²) in [6.07, 6.45) is 1.09. The molecule has 0 saturated heterocycles. The lowest BCUT2D eigenvalue weighted by Gasteiger charge is -2.18. The van der Waals surface area contributed by atoms with Crippen molar-refractivity contribution < 1.29 is 0 Å². The van der Waals surface area contributed by atoms with Gasteiger partial charge in [0.15, 0.2) is 0 Å². The van der Waals surface area contributed by atoms with Crippen LogP contribution in [0.5, 0.6) is 0 Å². The number of nitrogens with zero attached hydrogens (tertiary/aromatic N) is 1. The second kappa shape index (κ2) is 8.54. The Kier molecular flexibility index (Phi) is 6.71. The Morgan fingerprint density at radius 2 is 1.86 bits per heavy atom. The highest BCUT2D eigenvalue weighted by molar-refractivity contribution is 7.16. The molecular formula is C17H23ClN2S. The fourth-order valence-electron chi connectivity index (χ4n) is 2.40. The van der Waals surface area contributed by atoms with Crippen LogP contribution >= 0.6 is 22.9 Å². The predicted octanol–water partition coefficient (Wildman–Crippen LogP) is 4.19. The van der Waals surface area contributed by atoms with Gasteiger partial charge in [-0.3, -0.25) is 4.90 Å². The number of hydrogen-bond acceptors (Lipinski definition) is 3. The Morgan fingerprint density at radius 3 is 2.52 bits per heavy atom. The first-order valence-corrected chi connectivity index (χ1v) is 8.58. The molecule has 0 amide bonds. The maximum absolute atomic E-state index is 5.99. The number of rotatable bonds is 8. The van der Waals surface area contributed by atoms with Crippen LogP contribution in [0.2, 0.25) is 4.34 Å². The van der Waals surface area contributed by atoms with Gasteiger partial charge in [0.25, 0.3) is 0 Å². The molecule has 0 aliphatic carbocycles. The molecule has 0 aliphatic rings. The van der Waals surface area contributed by atoms with E-state index < -0.39 is 0 Å². The van der Waals surface area contributed by atoms with Crippen LogP contribution in [0.15, 0.2) is 36.4 Å². The first-order chi connectivity index (χ1) is 10.2. The summed E-state index contributed by atoms with van der Waals surface area (Å²) in [7, 11) is 2.16. The summed E-state index contributed by atoms with van der Waals surface area (Å²) < 4.78 is 0.865. The lowest BCUT2D eigenvalue weighted by Crippen LogP contribution is -2.20. The van der Waals surface area contributed by atoms with Gasteiger partial charge in [-0.2, -0.15) is 0 Å². The molecule has 1 heterocycles. The molecule has 0 aliphatic heterocycles. The number of nitrogens with one attached hydrogen (secondary N) is 1. The van der Waals surface area contributed by atoms with Crippen LogP contribution in [0, 0.1) is 0 Å². The summed E-state index contributed by atoms with van der Waals surface area (Å²) in [6.45, 7) is 6.13. The van der Waals surface area contributed by atoms with Crippen LogP contribution in [0.25, 0.3) is 0 Å². The molecule has 21 heavy (non-hydrogen) atoms. The van der Waals surface area contributed by atoms with E-state index in [0.29, 0.717) is 0 Å². The van der Waals surface area contributed by atoms with Gasteiger partial charge in [-0.05, 0) is 49.8 Å². The van der Waals surface area contributed by atoms with Gasteiger partial charge in [-0.15, -0.1) is 11.3 Å². The molecule has 0 atom stereocenters. The maximum Gasteiger partial charge on any atom is 0.0931 e. The van der Waals surface area contributed by atoms with E-state index in [0.717, 1.165) is 36.9 Å². The van der Waals surface area contributed by atoms with Crippen molar-refractivity contribution in [3.8, 4) is 0 Å². The Hall–Kier alpha value is -0.870. The molecule has 1 aromatic heterocycles. The molecule has 0 spiro atoms. The Balaban J connectivity index is 1.94. The third-order valence-corrected chi connectivity index (χ3v) is 4.65. The highest BCUT2D eigenvalue weighted by atomic mass is 35.5. The lowest BCUT2D eigenvalue weighted by atomic mass is 10.0. The molecule has 0 bridgehead atoms. The van der Waals surface area contributed by atoms with Gasteiger partial charge in [-0.25, -0.2) is 0 Å². The molecule has 0 fully saturated rings. The maximum atomic E-state index is 5.99. The van der Waals surface area contributed by atoms with Gasteiger partial charge in [0.1, 0.15) is 0 Å². The molecule has 0 unspecified atom stereocenters. The van der Waals surface area contributed by atoms with E-state index in [1.165, 1.54) is 16.0 Å². The van der Waals surface area contributed by atoms with Crippen molar-refractivity contribution in [3.63, 3.8) is 0 Å². The van der Waals surface area contributed by atoms with Crippen molar-refractivity contribution >= 4 is 22.9 Å². The monoisotopic (exact) mass is 322 g/mol. The topological polar surface area (TPSA) is 15.3 Å². The van der Waals surface area contributed by atoms with E-state index in [1.807, 2.05) is 6.07 Å². The van der Waals surface area contributed by atoms with Crippen molar-refractivity contribution in [3.05, 3.63) is 56.7 Å².